The Hall–Kier alpha value is -5.24. The van der Waals surface area contributed by atoms with Gasteiger partial charge in [0.2, 0.25) is 5.95 Å². The fourth-order valence-corrected chi connectivity index (χ4v) is 5.38. The lowest BCUT2D eigenvalue weighted by molar-refractivity contribution is 0.0997. The number of hydrogen-bond donors (Lipinski definition) is 2. The van der Waals surface area contributed by atoms with E-state index in [-0.39, 0.29) is 5.91 Å². The Bertz CT molecular complexity index is 1900. The molecule has 8 nitrogen and oxygen atoms in total. The number of rotatable bonds is 5. The summed E-state index contributed by atoms with van der Waals surface area (Å²) in [7, 11) is 1.90. The number of carbonyl (C=O) groups excluding carboxylic acids is 1. The van der Waals surface area contributed by atoms with Crippen LogP contribution in [0.15, 0.2) is 85.2 Å². The van der Waals surface area contributed by atoms with Gasteiger partial charge in [0.1, 0.15) is 0 Å². The van der Waals surface area contributed by atoms with Crippen LogP contribution in [0.5, 0.6) is 0 Å². The Morgan fingerprint density at radius 2 is 1.77 bits per heavy atom. The van der Waals surface area contributed by atoms with Crippen molar-refractivity contribution in [2.45, 2.75) is 20.4 Å². The molecule has 40 heavy (non-hydrogen) atoms. The molecule has 0 aliphatic carbocycles. The van der Waals surface area contributed by atoms with E-state index in [2.05, 4.69) is 50.7 Å². The van der Waals surface area contributed by atoms with Crippen LogP contribution in [0.1, 0.15) is 27.2 Å². The van der Waals surface area contributed by atoms with E-state index in [1.54, 1.807) is 4.68 Å². The number of H-pyrrole nitrogens is 1. The Balaban J connectivity index is 1.24. The first-order valence-electron chi connectivity index (χ1n) is 13.2. The molecular formula is C32H27N7O. The van der Waals surface area contributed by atoms with Crippen LogP contribution in [0.3, 0.4) is 0 Å². The molecule has 0 atom stereocenters. The molecule has 1 aliphatic rings. The zero-order valence-electron chi connectivity index (χ0n) is 22.4. The molecule has 0 fully saturated rings. The van der Waals surface area contributed by atoms with Gasteiger partial charge in [0.15, 0.2) is 5.82 Å². The van der Waals surface area contributed by atoms with Crippen molar-refractivity contribution >= 4 is 34.3 Å². The van der Waals surface area contributed by atoms with Crippen molar-refractivity contribution in [1.29, 1.82) is 0 Å². The second kappa shape index (κ2) is 9.20. The number of aromatic nitrogens is 5. The van der Waals surface area contributed by atoms with Crippen LogP contribution in [-0.4, -0.2) is 30.6 Å². The third-order valence-electron chi connectivity index (χ3n) is 7.59. The van der Waals surface area contributed by atoms with E-state index < -0.39 is 0 Å². The third kappa shape index (κ3) is 3.92. The molecule has 0 spiro atoms. The first-order valence-corrected chi connectivity index (χ1v) is 13.2. The van der Waals surface area contributed by atoms with E-state index >= 15 is 0 Å². The van der Waals surface area contributed by atoms with E-state index in [1.807, 2.05) is 80.7 Å². The minimum atomic E-state index is 0.00629. The highest BCUT2D eigenvalue weighted by Gasteiger charge is 2.30. The first-order chi connectivity index (χ1) is 19.5. The van der Waals surface area contributed by atoms with Gasteiger partial charge in [-0.3, -0.25) is 9.48 Å². The molecule has 3 aromatic heterocycles. The molecule has 3 aromatic carbocycles. The lowest BCUT2D eigenvalue weighted by Crippen LogP contribution is -2.23. The molecule has 196 valence electrons. The smallest absolute Gasteiger partial charge is 0.259 e. The predicted molar refractivity (Wildman–Crippen MR) is 158 cm³/mol. The quantitative estimate of drug-likeness (QED) is 0.266. The monoisotopic (exact) mass is 525 g/mol. The summed E-state index contributed by atoms with van der Waals surface area (Å²) in [6.45, 7) is 4.52. The fourth-order valence-electron chi connectivity index (χ4n) is 5.38. The number of fused-ring (bicyclic) bond motifs is 2. The maximum Gasteiger partial charge on any atom is 0.259 e. The Morgan fingerprint density at radius 1 is 0.925 bits per heavy atom. The minimum Gasteiger partial charge on any atom is -0.359 e. The predicted octanol–water partition coefficient (Wildman–Crippen LogP) is 6.55. The van der Waals surface area contributed by atoms with Crippen LogP contribution < -0.4 is 10.2 Å². The topological polar surface area (TPSA) is 91.7 Å². The Labute approximate surface area is 231 Å². The van der Waals surface area contributed by atoms with Crippen LogP contribution >= 0.6 is 0 Å². The average Bonchev–Trinajstić information content (AvgIpc) is 3.64. The number of aryl methyl sites for hydroxylation is 3. The number of para-hydroxylation sites is 1. The molecular weight excluding hydrogens is 498 g/mol. The summed E-state index contributed by atoms with van der Waals surface area (Å²) in [5, 5.41) is 8.66. The highest BCUT2D eigenvalue weighted by atomic mass is 16.2. The van der Waals surface area contributed by atoms with Crippen molar-refractivity contribution in [2.24, 2.45) is 7.05 Å². The van der Waals surface area contributed by atoms with Gasteiger partial charge in [-0.1, -0.05) is 54.6 Å². The van der Waals surface area contributed by atoms with Gasteiger partial charge in [-0.2, -0.15) is 5.10 Å². The van der Waals surface area contributed by atoms with Gasteiger partial charge in [-0.05, 0) is 48.2 Å². The number of nitrogens with one attached hydrogen (secondary N) is 2. The second-order valence-corrected chi connectivity index (χ2v) is 10.2. The fraction of sp³-hybridized carbons (Fsp3) is 0.125. The molecule has 0 bridgehead atoms. The largest absolute Gasteiger partial charge is 0.359 e. The number of nitrogens with zero attached hydrogens (tertiary/aromatic N) is 5. The van der Waals surface area contributed by atoms with Gasteiger partial charge in [-0.25, -0.2) is 9.97 Å². The summed E-state index contributed by atoms with van der Waals surface area (Å²) in [6.07, 6.45) is 3.77. The second-order valence-electron chi connectivity index (χ2n) is 10.2. The van der Waals surface area contributed by atoms with Crippen LogP contribution in [-0.2, 0) is 13.6 Å². The highest BCUT2D eigenvalue weighted by Crippen LogP contribution is 2.38. The van der Waals surface area contributed by atoms with Gasteiger partial charge < -0.3 is 15.2 Å². The summed E-state index contributed by atoms with van der Waals surface area (Å²) in [5.74, 6) is 1.17. The van der Waals surface area contributed by atoms with E-state index in [0.29, 0.717) is 18.3 Å². The normalized spacial score (nSPS) is 12.8. The van der Waals surface area contributed by atoms with Crippen LogP contribution in [0, 0.1) is 13.8 Å². The number of amides is 1. The molecule has 8 heteroatoms. The standard InChI is InChI=1S/C32H27N7O/c1-19-16-34-32(35-28-14-20(2)38(3)37-28)36-29(19)26-17-33-30-24(26)10-7-11-27(30)39-18-23-13-12-22(15-25(23)31(39)40)21-8-5-4-6-9-21/h4-17,33H,18H2,1-3H3,(H,34,35,36,37). The van der Waals surface area contributed by atoms with Crippen LogP contribution in [0.25, 0.3) is 33.3 Å². The summed E-state index contributed by atoms with van der Waals surface area (Å²) in [6, 6.07) is 24.3. The van der Waals surface area contributed by atoms with E-state index in [1.165, 1.54) is 0 Å². The molecule has 6 aromatic rings. The number of aromatic amines is 1. The SMILES string of the molecule is Cc1cnc(Nc2cc(C)n(C)n2)nc1-c1c[nH]c2c(N3Cc4ccc(-c5ccccc5)cc4C3=O)cccc12. The lowest BCUT2D eigenvalue weighted by Gasteiger charge is -2.17. The molecule has 2 N–H and O–H groups in total. The van der Waals surface area contributed by atoms with Gasteiger partial charge in [0.25, 0.3) is 5.91 Å². The molecule has 0 saturated heterocycles. The molecule has 1 aliphatic heterocycles. The minimum absolute atomic E-state index is 0.00629. The summed E-state index contributed by atoms with van der Waals surface area (Å²) in [4.78, 5) is 28.3. The molecule has 7 rings (SSSR count). The average molecular weight is 526 g/mol. The van der Waals surface area contributed by atoms with Crippen molar-refractivity contribution < 1.29 is 4.79 Å². The number of carbonyl (C=O) groups is 1. The van der Waals surface area contributed by atoms with Crippen molar-refractivity contribution in [2.75, 3.05) is 10.2 Å². The maximum atomic E-state index is 13.7. The van der Waals surface area contributed by atoms with Crippen molar-refractivity contribution in [3.05, 3.63) is 108 Å². The Kier molecular flexibility index (Phi) is 5.48. The van der Waals surface area contributed by atoms with Gasteiger partial charge >= 0.3 is 0 Å². The van der Waals surface area contributed by atoms with Crippen molar-refractivity contribution in [3.8, 4) is 22.4 Å². The Morgan fingerprint density at radius 3 is 2.58 bits per heavy atom. The van der Waals surface area contributed by atoms with Crippen molar-refractivity contribution in [3.63, 3.8) is 0 Å². The van der Waals surface area contributed by atoms with Crippen LogP contribution in [0.4, 0.5) is 17.5 Å². The third-order valence-corrected chi connectivity index (χ3v) is 7.59. The molecule has 1 amide bonds. The number of benzene rings is 3. The van der Waals surface area contributed by atoms with Crippen LogP contribution in [0.2, 0.25) is 0 Å². The number of anilines is 3. The van der Waals surface area contributed by atoms with Gasteiger partial charge in [-0.15, -0.1) is 0 Å². The van der Waals surface area contributed by atoms with Gasteiger partial charge in [0.05, 0.1) is 23.4 Å². The summed E-state index contributed by atoms with van der Waals surface area (Å²) in [5.41, 5.74) is 9.41. The van der Waals surface area contributed by atoms with Crippen molar-refractivity contribution in [1.82, 2.24) is 24.7 Å². The zero-order valence-corrected chi connectivity index (χ0v) is 22.4. The van der Waals surface area contributed by atoms with Gasteiger partial charge in [0, 0.05) is 47.7 Å². The molecule has 0 unspecified atom stereocenters. The van der Waals surface area contributed by atoms with E-state index in [0.717, 1.165) is 61.4 Å². The highest BCUT2D eigenvalue weighted by molar-refractivity contribution is 6.15. The molecule has 0 radical (unpaired) electrons. The summed E-state index contributed by atoms with van der Waals surface area (Å²) < 4.78 is 1.80. The lowest BCUT2D eigenvalue weighted by atomic mass is 10.0. The number of hydrogen-bond acceptors (Lipinski definition) is 5. The van der Waals surface area contributed by atoms with E-state index in [4.69, 9.17) is 4.98 Å². The maximum absolute atomic E-state index is 13.7. The first kappa shape index (κ1) is 23.8. The van der Waals surface area contributed by atoms with E-state index in [9.17, 15) is 4.79 Å². The summed E-state index contributed by atoms with van der Waals surface area (Å²) >= 11 is 0. The molecule has 0 saturated carbocycles. The molecule has 4 heterocycles. The zero-order chi connectivity index (χ0) is 27.4.